The molecular weight excluding hydrogens is 633 g/mol. The number of nitrogens with zero attached hydrogens (tertiary/aromatic N) is 3. The van der Waals surface area contributed by atoms with Crippen LogP contribution in [-0.2, 0) is 36.9 Å². The van der Waals surface area contributed by atoms with Gasteiger partial charge < -0.3 is 31.3 Å². The van der Waals surface area contributed by atoms with Crippen molar-refractivity contribution in [2.75, 3.05) is 24.5 Å². The number of fused-ring (bicyclic) bond motifs is 1. The minimum absolute atomic E-state index is 0.0525. The number of anilines is 1. The third-order valence-electron chi connectivity index (χ3n) is 7.36. The highest BCUT2D eigenvalue weighted by molar-refractivity contribution is 6.10. The number of aryl methyl sites for hydroxylation is 1. The van der Waals surface area contributed by atoms with Crippen LogP contribution in [-0.4, -0.2) is 66.3 Å². The van der Waals surface area contributed by atoms with Gasteiger partial charge in [0.05, 0.1) is 36.8 Å². The maximum absolute atomic E-state index is 14.3. The lowest BCUT2D eigenvalue weighted by Gasteiger charge is -2.30. The summed E-state index contributed by atoms with van der Waals surface area (Å²) in [5.74, 6) is -5.84. The third-order valence-corrected chi connectivity index (χ3v) is 7.36. The van der Waals surface area contributed by atoms with E-state index in [1.165, 1.54) is 17.0 Å². The third kappa shape index (κ3) is 9.40. The van der Waals surface area contributed by atoms with Crippen molar-refractivity contribution in [2.24, 2.45) is 16.5 Å². The highest BCUT2D eigenvalue weighted by atomic mass is 19.4. The molecule has 0 spiro atoms. The van der Waals surface area contributed by atoms with Crippen LogP contribution < -0.4 is 21.7 Å². The predicted molar refractivity (Wildman–Crippen MR) is 168 cm³/mol. The van der Waals surface area contributed by atoms with Gasteiger partial charge in [0, 0.05) is 13.0 Å². The molecule has 1 aliphatic heterocycles. The molecular formula is C33H33F3N6O6. The average Bonchev–Trinajstić information content (AvgIpc) is 3.15. The summed E-state index contributed by atoms with van der Waals surface area (Å²) in [6.45, 7) is -0.0523. The Morgan fingerprint density at radius 3 is 2.25 bits per heavy atom. The summed E-state index contributed by atoms with van der Waals surface area (Å²) in [5.41, 5.74) is 12.6. The van der Waals surface area contributed by atoms with Crippen LogP contribution >= 0.6 is 0 Å². The van der Waals surface area contributed by atoms with Crippen LogP contribution in [0.2, 0.25) is 0 Å². The molecule has 0 aliphatic carbocycles. The molecule has 1 atom stereocenters. The molecule has 15 heteroatoms. The Balaban J connectivity index is 1.68. The highest BCUT2D eigenvalue weighted by Crippen LogP contribution is 2.34. The predicted octanol–water partition coefficient (Wildman–Crippen LogP) is 2.76. The Morgan fingerprint density at radius 2 is 1.60 bits per heavy atom. The summed E-state index contributed by atoms with van der Waals surface area (Å²) in [6.07, 6.45) is -5.99. The van der Waals surface area contributed by atoms with E-state index >= 15 is 0 Å². The number of nitrogens with two attached hydrogens (primary N) is 2. The first kappa shape index (κ1) is 35.1. The number of esters is 2. The van der Waals surface area contributed by atoms with E-state index in [4.69, 9.17) is 11.5 Å². The fourth-order valence-corrected chi connectivity index (χ4v) is 5.10. The molecule has 5 N–H and O–H groups in total. The zero-order chi connectivity index (χ0) is 34.8. The highest BCUT2D eigenvalue weighted by Gasteiger charge is 2.43. The van der Waals surface area contributed by atoms with E-state index in [9.17, 15) is 37.1 Å². The SMILES string of the molecule is NC(N)=NCCNC(=O)CCc1ccc2c(c1)C(=O)N(C(CC(=O)OC(=O)C(F)(F)F)c1ccccc1)CC(=O)N2Cc1ccccc1. The lowest BCUT2D eigenvalue weighted by atomic mass is 9.99. The van der Waals surface area contributed by atoms with Crippen molar-refractivity contribution in [3.8, 4) is 0 Å². The van der Waals surface area contributed by atoms with E-state index in [1.54, 1.807) is 60.7 Å². The zero-order valence-electron chi connectivity index (χ0n) is 25.6. The molecule has 252 valence electrons. The molecule has 0 aromatic heterocycles. The van der Waals surface area contributed by atoms with Gasteiger partial charge in [-0.3, -0.25) is 24.2 Å². The molecule has 3 aromatic rings. The van der Waals surface area contributed by atoms with Gasteiger partial charge in [0.2, 0.25) is 11.8 Å². The summed E-state index contributed by atoms with van der Waals surface area (Å²) in [7, 11) is 0. The first-order valence-corrected chi connectivity index (χ1v) is 14.8. The van der Waals surface area contributed by atoms with Gasteiger partial charge in [-0.15, -0.1) is 0 Å². The first-order valence-electron chi connectivity index (χ1n) is 14.8. The van der Waals surface area contributed by atoms with Crippen molar-refractivity contribution in [3.05, 3.63) is 101 Å². The van der Waals surface area contributed by atoms with Crippen molar-refractivity contribution in [1.29, 1.82) is 0 Å². The van der Waals surface area contributed by atoms with Gasteiger partial charge in [-0.1, -0.05) is 66.7 Å². The molecule has 1 heterocycles. The number of ether oxygens (including phenoxy) is 1. The summed E-state index contributed by atoms with van der Waals surface area (Å²) in [6, 6.07) is 20.5. The molecule has 12 nitrogen and oxygen atoms in total. The van der Waals surface area contributed by atoms with Crippen LogP contribution in [0.5, 0.6) is 0 Å². The van der Waals surface area contributed by atoms with E-state index in [0.717, 1.165) is 10.5 Å². The number of rotatable bonds is 12. The number of carbonyl (C=O) groups is 5. The number of benzene rings is 3. The molecule has 3 amide bonds. The van der Waals surface area contributed by atoms with E-state index in [2.05, 4.69) is 15.0 Å². The molecule has 1 unspecified atom stereocenters. The van der Waals surface area contributed by atoms with Crippen LogP contribution in [0.4, 0.5) is 18.9 Å². The lowest BCUT2D eigenvalue weighted by Crippen LogP contribution is -2.42. The number of hydrogen-bond acceptors (Lipinski definition) is 7. The largest absolute Gasteiger partial charge is 0.491 e. The van der Waals surface area contributed by atoms with Crippen LogP contribution in [0.15, 0.2) is 83.9 Å². The second-order valence-corrected chi connectivity index (χ2v) is 10.8. The summed E-state index contributed by atoms with van der Waals surface area (Å²) in [4.78, 5) is 71.0. The monoisotopic (exact) mass is 666 g/mol. The van der Waals surface area contributed by atoms with E-state index < -0.39 is 48.9 Å². The van der Waals surface area contributed by atoms with E-state index in [1.807, 2.05) is 6.07 Å². The van der Waals surface area contributed by atoms with E-state index in [-0.39, 0.29) is 55.6 Å². The van der Waals surface area contributed by atoms with Crippen LogP contribution in [0.3, 0.4) is 0 Å². The normalized spacial score (nSPS) is 13.6. The fourth-order valence-electron chi connectivity index (χ4n) is 5.10. The molecule has 0 bridgehead atoms. The lowest BCUT2D eigenvalue weighted by molar-refractivity contribution is -0.202. The van der Waals surface area contributed by atoms with Gasteiger partial charge in [-0.2, -0.15) is 13.2 Å². The second-order valence-electron chi connectivity index (χ2n) is 10.8. The Bertz CT molecular complexity index is 1680. The summed E-state index contributed by atoms with van der Waals surface area (Å²) >= 11 is 0. The van der Waals surface area contributed by atoms with Crippen LogP contribution in [0, 0.1) is 0 Å². The summed E-state index contributed by atoms with van der Waals surface area (Å²) < 4.78 is 42.6. The molecule has 0 saturated carbocycles. The standard InChI is InChI=1S/C33H33F3N6O6/c34-33(35,36)31(47)48-29(45)18-26(23-9-5-2-6-10-23)42-20-28(44)41(19-22-7-3-1-4-8-22)25-13-11-21(17-24(25)30(42)46)12-14-27(43)39-15-16-40-32(37)38/h1-11,13,17,26H,12,14-16,18-20H2,(H,39,43)(H4,37,38,40). The molecule has 0 radical (unpaired) electrons. The Labute approximate surface area is 273 Å². The number of alkyl halides is 3. The molecule has 0 fully saturated rings. The Morgan fingerprint density at radius 1 is 0.938 bits per heavy atom. The molecule has 4 rings (SSSR count). The van der Waals surface area contributed by atoms with Gasteiger partial charge in [0.15, 0.2) is 5.96 Å². The van der Waals surface area contributed by atoms with Crippen molar-refractivity contribution < 1.29 is 41.9 Å². The second kappa shape index (κ2) is 15.7. The number of carbonyl (C=O) groups excluding carboxylic acids is 5. The van der Waals surface area contributed by atoms with Crippen molar-refractivity contribution >= 4 is 41.3 Å². The molecule has 48 heavy (non-hydrogen) atoms. The zero-order valence-corrected chi connectivity index (χ0v) is 25.6. The van der Waals surface area contributed by atoms with Gasteiger partial charge in [0.1, 0.15) is 6.54 Å². The van der Waals surface area contributed by atoms with Crippen molar-refractivity contribution in [2.45, 2.75) is 38.0 Å². The number of aliphatic imine (C=N–C) groups is 1. The fraction of sp³-hybridized carbons (Fsp3) is 0.273. The van der Waals surface area contributed by atoms with Crippen molar-refractivity contribution in [3.63, 3.8) is 0 Å². The quantitative estimate of drug-likeness (QED) is 0.0869. The minimum atomic E-state index is -5.41. The summed E-state index contributed by atoms with van der Waals surface area (Å²) in [5, 5.41) is 2.69. The number of amides is 3. The van der Waals surface area contributed by atoms with E-state index in [0.29, 0.717) is 11.1 Å². The number of hydrogen-bond donors (Lipinski definition) is 3. The average molecular weight is 667 g/mol. The number of guanidine groups is 1. The maximum atomic E-state index is 14.3. The van der Waals surface area contributed by atoms with Gasteiger partial charge in [-0.05, 0) is 35.2 Å². The minimum Gasteiger partial charge on any atom is -0.386 e. The van der Waals surface area contributed by atoms with Gasteiger partial charge >= 0.3 is 18.1 Å². The Kier molecular flexibility index (Phi) is 11.5. The topological polar surface area (TPSA) is 177 Å². The van der Waals surface area contributed by atoms with Gasteiger partial charge in [0.25, 0.3) is 5.91 Å². The molecule has 3 aromatic carbocycles. The maximum Gasteiger partial charge on any atom is 0.491 e. The smallest absolute Gasteiger partial charge is 0.386 e. The number of nitrogens with one attached hydrogen (secondary N) is 1. The Hall–Kier alpha value is -5.73. The first-order chi connectivity index (χ1) is 22.8. The van der Waals surface area contributed by atoms with Crippen LogP contribution in [0.1, 0.15) is 45.9 Å². The molecule has 0 saturated heterocycles. The van der Waals surface area contributed by atoms with Crippen molar-refractivity contribution in [1.82, 2.24) is 10.2 Å². The number of halogens is 3. The van der Waals surface area contributed by atoms with Crippen LogP contribution in [0.25, 0.3) is 0 Å². The van der Waals surface area contributed by atoms with Gasteiger partial charge in [-0.25, -0.2) is 4.79 Å². The molecule has 1 aliphatic rings.